The van der Waals surface area contributed by atoms with Crippen LogP contribution in [0.3, 0.4) is 0 Å². The molecule has 0 bridgehead atoms. The van der Waals surface area contributed by atoms with Crippen LogP contribution in [0, 0.1) is 0 Å². The summed E-state index contributed by atoms with van der Waals surface area (Å²) in [5.41, 5.74) is 1.49. The predicted octanol–water partition coefficient (Wildman–Crippen LogP) is 7.64. The molecule has 0 saturated heterocycles. The van der Waals surface area contributed by atoms with E-state index >= 15 is 0 Å². The topological polar surface area (TPSA) is 9.23 Å². The summed E-state index contributed by atoms with van der Waals surface area (Å²) in [5, 5.41) is 4.98. The third kappa shape index (κ3) is 4.20. The molecule has 0 atom stereocenters. The van der Waals surface area contributed by atoms with Crippen molar-refractivity contribution in [3.63, 3.8) is 0 Å². The largest absolute Gasteiger partial charge is 0.492 e. The van der Waals surface area contributed by atoms with Gasteiger partial charge in [0.05, 0.1) is 6.61 Å². The average molecular weight is 349 g/mol. The van der Waals surface area contributed by atoms with Crippen LogP contribution in [0.25, 0.3) is 21.5 Å². The summed E-state index contributed by atoms with van der Waals surface area (Å²) >= 11 is 0. The zero-order valence-corrected chi connectivity index (χ0v) is 16.8. The molecule has 3 rings (SSSR count). The van der Waals surface area contributed by atoms with Crippen LogP contribution >= 0.6 is 0 Å². The predicted molar refractivity (Wildman–Crippen MR) is 114 cm³/mol. The van der Waals surface area contributed by atoms with E-state index in [0.717, 1.165) is 18.8 Å². The summed E-state index contributed by atoms with van der Waals surface area (Å²) < 4.78 is 6.38. The Morgan fingerprint density at radius 1 is 0.769 bits per heavy atom. The van der Waals surface area contributed by atoms with Gasteiger partial charge in [-0.2, -0.15) is 0 Å². The highest BCUT2D eigenvalue weighted by molar-refractivity contribution is 6.05. The molecule has 3 aromatic carbocycles. The molecule has 0 saturated carbocycles. The summed E-state index contributed by atoms with van der Waals surface area (Å²) in [5.74, 6) is 1.06. The van der Waals surface area contributed by atoms with Crippen molar-refractivity contribution in [3.8, 4) is 5.75 Å². The molecule has 0 aliphatic rings. The maximum atomic E-state index is 6.38. The Morgan fingerprint density at radius 3 is 2.27 bits per heavy atom. The summed E-state index contributed by atoms with van der Waals surface area (Å²) in [6, 6.07) is 17.7. The molecule has 0 heterocycles. The van der Waals surface area contributed by atoms with Crippen LogP contribution in [0.2, 0.25) is 0 Å². The Labute approximate surface area is 158 Å². The summed E-state index contributed by atoms with van der Waals surface area (Å²) in [6.45, 7) is 9.86. The zero-order chi connectivity index (χ0) is 18.6. The molecule has 138 valence electrons. The van der Waals surface area contributed by atoms with Gasteiger partial charge < -0.3 is 4.74 Å². The first-order valence-electron chi connectivity index (χ1n) is 10.1. The van der Waals surface area contributed by atoms with Crippen LogP contribution in [0.4, 0.5) is 0 Å². The van der Waals surface area contributed by atoms with Crippen LogP contribution in [0.5, 0.6) is 5.75 Å². The van der Waals surface area contributed by atoms with Gasteiger partial charge in [0.15, 0.2) is 0 Å². The van der Waals surface area contributed by atoms with E-state index in [-0.39, 0.29) is 5.41 Å². The lowest BCUT2D eigenvalue weighted by Crippen LogP contribution is -2.10. The smallest absolute Gasteiger partial charge is 0.134 e. The van der Waals surface area contributed by atoms with Gasteiger partial charge in [0.1, 0.15) is 5.75 Å². The van der Waals surface area contributed by atoms with E-state index in [4.69, 9.17) is 4.74 Å². The molecule has 26 heavy (non-hydrogen) atoms. The van der Waals surface area contributed by atoms with Crippen molar-refractivity contribution in [2.24, 2.45) is 0 Å². The van der Waals surface area contributed by atoms with Crippen LogP contribution in [-0.2, 0) is 5.41 Å². The Morgan fingerprint density at radius 2 is 1.50 bits per heavy atom. The van der Waals surface area contributed by atoms with Gasteiger partial charge in [-0.3, -0.25) is 0 Å². The third-order valence-electron chi connectivity index (χ3n) is 5.17. The average Bonchev–Trinajstić information content (AvgIpc) is 2.62. The minimum absolute atomic E-state index is 0.136. The molecule has 0 aromatic heterocycles. The molecule has 0 spiro atoms. The first-order chi connectivity index (χ1) is 12.5. The molecule has 0 unspecified atom stereocenters. The van der Waals surface area contributed by atoms with Crippen LogP contribution < -0.4 is 4.74 Å². The molecule has 0 N–H and O–H groups in total. The zero-order valence-electron chi connectivity index (χ0n) is 16.8. The maximum absolute atomic E-state index is 6.38. The van der Waals surface area contributed by atoms with E-state index in [1.165, 1.54) is 52.8 Å². The van der Waals surface area contributed by atoms with Crippen molar-refractivity contribution in [3.05, 3.63) is 54.1 Å². The van der Waals surface area contributed by atoms with Crippen molar-refractivity contribution < 1.29 is 4.74 Å². The van der Waals surface area contributed by atoms with Crippen molar-refractivity contribution in [2.75, 3.05) is 6.61 Å². The Kier molecular flexibility index (Phi) is 5.86. The summed E-state index contributed by atoms with van der Waals surface area (Å²) in [7, 11) is 0. The van der Waals surface area contributed by atoms with E-state index in [1.54, 1.807) is 0 Å². The molecule has 0 aliphatic carbocycles. The molecule has 1 heteroatoms. The van der Waals surface area contributed by atoms with E-state index in [0.29, 0.717) is 0 Å². The van der Waals surface area contributed by atoms with Crippen molar-refractivity contribution in [1.82, 2.24) is 0 Å². The third-order valence-corrected chi connectivity index (χ3v) is 5.17. The van der Waals surface area contributed by atoms with Crippen molar-refractivity contribution >= 4 is 21.5 Å². The minimum atomic E-state index is 0.136. The molecule has 0 aliphatic heterocycles. The first-order valence-corrected chi connectivity index (χ1v) is 10.1. The summed E-state index contributed by atoms with van der Waals surface area (Å²) in [6.07, 6.45) is 6.30. The van der Waals surface area contributed by atoms with Gasteiger partial charge in [0.2, 0.25) is 0 Å². The van der Waals surface area contributed by atoms with Gasteiger partial charge in [0.25, 0.3) is 0 Å². The van der Waals surface area contributed by atoms with Gasteiger partial charge in [0, 0.05) is 10.8 Å². The Bertz CT molecular complexity index is 870. The summed E-state index contributed by atoms with van der Waals surface area (Å²) in [4.78, 5) is 0. The number of ether oxygens (including phenoxy) is 1. The number of hydrogen-bond acceptors (Lipinski definition) is 1. The first kappa shape index (κ1) is 18.8. The lowest BCUT2D eigenvalue weighted by atomic mass is 9.85. The minimum Gasteiger partial charge on any atom is -0.492 e. The second kappa shape index (κ2) is 8.12. The monoisotopic (exact) mass is 348 g/mol. The van der Waals surface area contributed by atoms with E-state index in [9.17, 15) is 0 Å². The normalized spacial score (nSPS) is 12.0. The lowest BCUT2D eigenvalue weighted by molar-refractivity contribution is 0.311. The van der Waals surface area contributed by atoms with Gasteiger partial charge in [-0.15, -0.1) is 0 Å². The Hall–Kier alpha value is -2.02. The molecular formula is C25H32O. The number of hydrogen-bond donors (Lipinski definition) is 0. The van der Waals surface area contributed by atoms with Crippen molar-refractivity contribution in [1.29, 1.82) is 0 Å². The molecular weight excluding hydrogens is 316 g/mol. The highest BCUT2D eigenvalue weighted by Gasteiger charge is 2.16. The van der Waals surface area contributed by atoms with Crippen LogP contribution in [-0.4, -0.2) is 6.61 Å². The van der Waals surface area contributed by atoms with Crippen LogP contribution in [0.15, 0.2) is 48.5 Å². The lowest BCUT2D eigenvalue weighted by Gasteiger charge is -2.21. The second-order valence-corrected chi connectivity index (χ2v) is 8.38. The van der Waals surface area contributed by atoms with E-state index in [1.807, 2.05) is 0 Å². The quantitative estimate of drug-likeness (QED) is 0.315. The fourth-order valence-electron chi connectivity index (χ4n) is 3.52. The molecule has 0 radical (unpaired) electrons. The van der Waals surface area contributed by atoms with Gasteiger partial charge in [-0.1, -0.05) is 89.8 Å². The highest BCUT2D eigenvalue weighted by atomic mass is 16.5. The van der Waals surface area contributed by atoms with E-state index in [2.05, 4.69) is 76.2 Å². The molecule has 0 amide bonds. The highest BCUT2D eigenvalue weighted by Crippen LogP contribution is 2.37. The van der Waals surface area contributed by atoms with Crippen LogP contribution in [0.1, 0.15) is 65.4 Å². The van der Waals surface area contributed by atoms with Gasteiger partial charge >= 0.3 is 0 Å². The fourth-order valence-corrected chi connectivity index (χ4v) is 3.52. The number of benzene rings is 3. The maximum Gasteiger partial charge on any atom is 0.134 e. The standard InChI is InChI=1S/C25H32O/c1-5-6-7-8-11-16-26-24-22-13-10-9-12-19(22)17-20-14-15-21(18-23(20)24)25(2,3)4/h9-10,12-15,17-18H,5-8,11,16H2,1-4H3. The van der Waals surface area contributed by atoms with Crippen molar-refractivity contribution in [2.45, 2.75) is 65.2 Å². The number of fused-ring (bicyclic) bond motifs is 2. The molecule has 3 aromatic rings. The van der Waals surface area contributed by atoms with Gasteiger partial charge in [-0.25, -0.2) is 0 Å². The Balaban J connectivity index is 1.97. The second-order valence-electron chi connectivity index (χ2n) is 8.38. The number of rotatable bonds is 7. The molecule has 1 nitrogen and oxygen atoms in total. The molecule has 0 fully saturated rings. The number of unbranched alkanes of at least 4 members (excludes halogenated alkanes) is 4. The van der Waals surface area contributed by atoms with Gasteiger partial charge in [-0.05, 0) is 40.3 Å². The fraction of sp³-hybridized carbons (Fsp3) is 0.440. The van der Waals surface area contributed by atoms with E-state index < -0.39 is 0 Å². The SMILES string of the molecule is CCCCCCCOc1c2ccccc2cc2ccc(C(C)(C)C)cc12.